The van der Waals surface area contributed by atoms with Gasteiger partial charge in [0.05, 0.1) is 12.2 Å². The fourth-order valence-electron chi connectivity index (χ4n) is 2.16. The van der Waals surface area contributed by atoms with E-state index in [0.29, 0.717) is 0 Å². The second-order valence-electron chi connectivity index (χ2n) is 5.76. The summed E-state index contributed by atoms with van der Waals surface area (Å²) >= 11 is 0. The number of allylic oxidation sites excluding steroid dienone is 4. The average Bonchev–Trinajstić information content (AvgIpc) is 2.79. The van der Waals surface area contributed by atoms with E-state index in [2.05, 4.69) is 46.8 Å². The van der Waals surface area contributed by atoms with Crippen LogP contribution in [0.3, 0.4) is 0 Å². The largest absolute Gasteiger partial charge is 0.386 e. The Morgan fingerprint density at radius 1 is 1.26 bits per heavy atom. The molecule has 0 aromatic carbocycles. The molecular formula is C17H28O2. The van der Waals surface area contributed by atoms with Crippen LogP contribution in [0.25, 0.3) is 0 Å². The minimum absolute atomic E-state index is 0.0623. The monoisotopic (exact) mass is 264 g/mol. The summed E-state index contributed by atoms with van der Waals surface area (Å²) in [6, 6.07) is 0. The van der Waals surface area contributed by atoms with Gasteiger partial charge in [0.25, 0.3) is 0 Å². The zero-order valence-electron chi connectivity index (χ0n) is 12.9. The lowest BCUT2D eigenvalue weighted by Crippen LogP contribution is -2.27. The van der Waals surface area contributed by atoms with Crippen molar-refractivity contribution in [2.45, 2.75) is 72.2 Å². The van der Waals surface area contributed by atoms with Crippen LogP contribution in [-0.4, -0.2) is 23.4 Å². The fraction of sp³-hybridized carbons (Fsp3) is 0.647. The summed E-state index contributed by atoms with van der Waals surface area (Å²) in [6.07, 6.45) is 8.82. The third-order valence-electron chi connectivity index (χ3n) is 3.54. The molecule has 3 atom stereocenters. The first-order chi connectivity index (χ1) is 8.93. The highest BCUT2D eigenvalue weighted by atomic mass is 16.5. The Morgan fingerprint density at radius 3 is 2.42 bits per heavy atom. The molecule has 1 N–H and O–H groups in total. The molecule has 0 aromatic heterocycles. The molecule has 1 heterocycles. The molecule has 0 amide bonds. The average molecular weight is 264 g/mol. The van der Waals surface area contributed by atoms with Crippen molar-refractivity contribution in [3.63, 3.8) is 0 Å². The zero-order valence-corrected chi connectivity index (χ0v) is 12.9. The Morgan fingerprint density at radius 2 is 1.95 bits per heavy atom. The van der Waals surface area contributed by atoms with E-state index in [-0.39, 0.29) is 12.2 Å². The van der Waals surface area contributed by atoms with Gasteiger partial charge in [-0.1, -0.05) is 36.3 Å². The van der Waals surface area contributed by atoms with Gasteiger partial charge in [0.15, 0.2) is 0 Å². The maximum atomic E-state index is 10.5. The van der Waals surface area contributed by atoms with Gasteiger partial charge < -0.3 is 9.84 Å². The summed E-state index contributed by atoms with van der Waals surface area (Å²) in [7, 11) is 0. The number of aliphatic hydroxyl groups excluding tert-OH is 1. The molecule has 2 heteroatoms. The summed E-state index contributed by atoms with van der Waals surface area (Å²) in [6.45, 7) is 10.4. The first-order valence-corrected chi connectivity index (χ1v) is 7.29. The highest BCUT2D eigenvalue weighted by Gasteiger charge is 2.29. The SMILES string of the molecule is CC/C(C)=C/C(=C\C=C(C)C)C(O)C1CCC(C)O1. The third kappa shape index (κ3) is 5.33. The van der Waals surface area contributed by atoms with Crippen LogP contribution in [-0.2, 0) is 4.74 Å². The van der Waals surface area contributed by atoms with Gasteiger partial charge >= 0.3 is 0 Å². The van der Waals surface area contributed by atoms with Crippen molar-refractivity contribution in [2.24, 2.45) is 0 Å². The van der Waals surface area contributed by atoms with Crippen molar-refractivity contribution in [1.29, 1.82) is 0 Å². The normalized spacial score (nSPS) is 26.4. The second kappa shape index (κ2) is 7.66. The molecule has 1 fully saturated rings. The molecule has 3 unspecified atom stereocenters. The Kier molecular flexibility index (Phi) is 6.53. The van der Waals surface area contributed by atoms with Gasteiger partial charge in [0.2, 0.25) is 0 Å². The van der Waals surface area contributed by atoms with Gasteiger partial charge in [0.1, 0.15) is 6.10 Å². The van der Waals surface area contributed by atoms with E-state index in [0.717, 1.165) is 24.8 Å². The minimum atomic E-state index is -0.526. The van der Waals surface area contributed by atoms with Crippen LogP contribution >= 0.6 is 0 Å². The third-order valence-corrected chi connectivity index (χ3v) is 3.54. The quantitative estimate of drug-likeness (QED) is 0.755. The van der Waals surface area contributed by atoms with E-state index in [9.17, 15) is 5.11 Å². The van der Waals surface area contributed by atoms with Crippen molar-refractivity contribution in [3.8, 4) is 0 Å². The molecule has 0 bridgehead atoms. The van der Waals surface area contributed by atoms with Crippen molar-refractivity contribution < 1.29 is 9.84 Å². The van der Waals surface area contributed by atoms with E-state index >= 15 is 0 Å². The highest BCUT2D eigenvalue weighted by Crippen LogP contribution is 2.26. The van der Waals surface area contributed by atoms with Crippen LogP contribution in [0.4, 0.5) is 0 Å². The van der Waals surface area contributed by atoms with E-state index in [1.54, 1.807) is 0 Å². The molecule has 0 radical (unpaired) electrons. The molecular weight excluding hydrogens is 236 g/mol. The molecule has 1 rings (SSSR count). The molecule has 19 heavy (non-hydrogen) atoms. The predicted molar refractivity (Wildman–Crippen MR) is 81.1 cm³/mol. The lowest BCUT2D eigenvalue weighted by atomic mass is 9.98. The summed E-state index contributed by atoms with van der Waals surface area (Å²) in [4.78, 5) is 0. The van der Waals surface area contributed by atoms with Crippen molar-refractivity contribution in [1.82, 2.24) is 0 Å². The maximum Gasteiger partial charge on any atom is 0.105 e. The van der Waals surface area contributed by atoms with Crippen molar-refractivity contribution in [2.75, 3.05) is 0 Å². The van der Waals surface area contributed by atoms with Crippen LogP contribution in [0.15, 0.2) is 34.9 Å². The van der Waals surface area contributed by atoms with Crippen LogP contribution in [0.2, 0.25) is 0 Å². The van der Waals surface area contributed by atoms with E-state index < -0.39 is 6.10 Å². The van der Waals surface area contributed by atoms with Gasteiger partial charge in [-0.15, -0.1) is 0 Å². The van der Waals surface area contributed by atoms with Crippen LogP contribution in [0, 0.1) is 0 Å². The topological polar surface area (TPSA) is 29.5 Å². The first kappa shape index (κ1) is 16.2. The Bertz CT molecular complexity index is 373. The molecule has 2 nitrogen and oxygen atoms in total. The molecule has 0 spiro atoms. The first-order valence-electron chi connectivity index (χ1n) is 7.29. The standard InChI is InChI=1S/C17H28O2/c1-6-13(4)11-15(9-7-12(2)3)17(18)16-10-8-14(5)19-16/h7,9,11,14,16-18H,6,8,10H2,1-5H3/b13-11+,15-9+. The molecule has 108 valence electrons. The number of aliphatic hydroxyl groups is 1. The molecule has 0 aliphatic carbocycles. The molecule has 1 aliphatic heterocycles. The number of hydrogen-bond donors (Lipinski definition) is 1. The van der Waals surface area contributed by atoms with Crippen molar-refractivity contribution in [3.05, 3.63) is 34.9 Å². The maximum absolute atomic E-state index is 10.5. The fourth-order valence-corrected chi connectivity index (χ4v) is 2.16. The summed E-state index contributed by atoms with van der Waals surface area (Å²) in [5.74, 6) is 0. The van der Waals surface area contributed by atoms with Crippen LogP contribution in [0.1, 0.15) is 53.9 Å². The Labute approximate surface area is 117 Å². The summed E-state index contributed by atoms with van der Waals surface area (Å²) < 4.78 is 5.79. The molecule has 0 aromatic rings. The zero-order chi connectivity index (χ0) is 14.4. The number of hydrogen-bond acceptors (Lipinski definition) is 2. The number of rotatable bonds is 5. The van der Waals surface area contributed by atoms with Crippen LogP contribution in [0.5, 0.6) is 0 Å². The van der Waals surface area contributed by atoms with E-state index in [1.165, 1.54) is 11.1 Å². The van der Waals surface area contributed by atoms with Gasteiger partial charge in [-0.05, 0) is 52.5 Å². The Balaban J connectivity index is 2.90. The summed E-state index contributed by atoms with van der Waals surface area (Å²) in [5.41, 5.74) is 3.46. The Hall–Kier alpha value is -0.860. The van der Waals surface area contributed by atoms with E-state index in [4.69, 9.17) is 4.74 Å². The molecule has 1 saturated heterocycles. The molecule has 0 saturated carbocycles. The highest BCUT2D eigenvalue weighted by molar-refractivity contribution is 5.32. The summed E-state index contributed by atoms with van der Waals surface area (Å²) in [5, 5.41) is 10.5. The molecule has 1 aliphatic rings. The van der Waals surface area contributed by atoms with Crippen molar-refractivity contribution >= 4 is 0 Å². The minimum Gasteiger partial charge on any atom is -0.386 e. The lowest BCUT2D eigenvalue weighted by molar-refractivity contribution is -0.0120. The van der Waals surface area contributed by atoms with E-state index in [1.807, 2.05) is 6.08 Å². The van der Waals surface area contributed by atoms with Crippen LogP contribution < -0.4 is 0 Å². The number of ether oxygens (including phenoxy) is 1. The van der Waals surface area contributed by atoms with Gasteiger partial charge in [-0.2, -0.15) is 0 Å². The smallest absolute Gasteiger partial charge is 0.105 e. The lowest BCUT2D eigenvalue weighted by Gasteiger charge is -2.20. The van der Waals surface area contributed by atoms with Gasteiger partial charge in [-0.3, -0.25) is 0 Å². The second-order valence-corrected chi connectivity index (χ2v) is 5.76. The predicted octanol–water partition coefficient (Wildman–Crippen LogP) is 4.16. The van der Waals surface area contributed by atoms with Gasteiger partial charge in [0, 0.05) is 0 Å². The van der Waals surface area contributed by atoms with Gasteiger partial charge in [-0.25, -0.2) is 0 Å².